The van der Waals surface area contributed by atoms with Crippen LogP contribution in [0.1, 0.15) is 51.4 Å². The molecule has 0 aromatic carbocycles. The predicted octanol–water partition coefficient (Wildman–Crippen LogP) is -0.602. The van der Waals surface area contributed by atoms with E-state index in [-0.39, 0.29) is 39.3 Å². The first-order valence-electron chi connectivity index (χ1n) is 9.74. The number of hydrogen-bond acceptors (Lipinski definition) is 8. The molecule has 28 heavy (non-hydrogen) atoms. The Morgan fingerprint density at radius 3 is 0.964 bits per heavy atom. The second-order valence-electron chi connectivity index (χ2n) is 5.80. The molecule has 0 amide bonds. The predicted molar refractivity (Wildman–Crippen MR) is 106 cm³/mol. The number of aliphatic carboxylic acids is 2. The van der Waals surface area contributed by atoms with Crippen LogP contribution >= 0.6 is 0 Å². The largest absolute Gasteiger partial charge is 0.481 e. The molecule has 170 valence electrons. The average Bonchev–Trinajstić information content (AvgIpc) is 2.65. The fourth-order valence-electron chi connectivity index (χ4n) is 1.83. The molecule has 0 unspecified atom stereocenters. The zero-order chi connectivity index (χ0) is 21.9. The van der Waals surface area contributed by atoms with Crippen LogP contribution in [0.5, 0.6) is 0 Å². The van der Waals surface area contributed by atoms with Crippen molar-refractivity contribution < 1.29 is 40.2 Å². The lowest BCUT2D eigenvalue weighted by Crippen LogP contribution is -2.21. The topological polar surface area (TPSA) is 180 Å². The highest BCUT2D eigenvalue weighted by Gasteiger charge is 1.98. The summed E-state index contributed by atoms with van der Waals surface area (Å²) in [5, 5.41) is 54.9. The van der Waals surface area contributed by atoms with Gasteiger partial charge in [-0.2, -0.15) is 0 Å². The Morgan fingerprint density at radius 2 is 0.750 bits per heavy atom. The molecule has 0 aliphatic carbocycles. The van der Waals surface area contributed by atoms with E-state index in [1.54, 1.807) is 0 Å². The zero-order valence-corrected chi connectivity index (χ0v) is 16.8. The SMILES string of the molecule is O=C(O)CCCCCCCCC(=O)O.OCCNCCO.OCCNCCO. The number of carbonyl (C=O) groups is 2. The minimum Gasteiger partial charge on any atom is -0.481 e. The summed E-state index contributed by atoms with van der Waals surface area (Å²) in [6.45, 7) is 2.84. The highest BCUT2D eigenvalue weighted by Crippen LogP contribution is 2.08. The first kappa shape index (κ1) is 31.4. The van der Waals surface area contributed by atoms with Crippen molar-refractivity contribution >= 4 is 11.9 Å². The molecule has 0 aromatic rings. The van der Waals surface area contributed by atoms with E-state index < -0.39 is 11.9 Å². The summed E-state index contributed by atoms with van der Waals surface area (Å²) < 4.78 is 0. The third-order valence-corrected chi connectivity index (χ3v) is 3.19. The quantitative estimate of drug-likeness (QED) is 0.144. The molecule has 10 heteroatoms. The number of hydrogen-bond donors (Lipinski definition) is 8. The van der Waals surface area contributed by atoms with Crippen molar-refractivity contribution in [1.29, 1.82) is 0 Å². The van der Waals surface area contributed by atoms with E-state index in [1.165, 1.54) is 0 Å². The van der Waals surface area contributed by atoms with Gasteiger partial charge >= 0.3 is 11.9 Å². The van der Waals surface area contributed by atoms with Crippen molar-refractivity contribution in [3.63, 3.8) is 0 Å². The summed E-state index contributed by atoms with van der Waals surface area (Å²) in [4.78, 5) is 20.3. The lowest BCUT2D eigenvalue weighted by Gasteiger charge is -1.98. The van der Waals surface area contributed by atoms with Gasteiger partial charge in [-0.05, 0) is 12.8 Å². The van der Waals surface area contributed by atoms with E-state index in [0.717, 1.165) is 38.5 Å². The van der Waals surface area contributed by atoms with Crippen LogP contribution in [0.25, 0.3) is 0 Å². The Labute approximate surface area is 167 Å². The molecular formula is C18H40N2O8. The Kier molecular flexibility index (Phi) is 34.1. The number of unbranched alkanes of at least 4 members (excludes halogenated alkanes) is 5. The molecule has 0 aliphatic rings. The zero-order valence-electron chi connectivity index (χ0n) is 16.8. The Balaban J connectivity index is -0.000000375. The van der Waals surface area contributed by atoms with Gasteiger partial charge in [0.05, 0.1) is 26.4 Å². The van der Waals surface area contributed by atoms with Crippen LogP contribution in [-0.2, 0) is 9.59 Å². The van der Waals surface area contributed by atoms with E-state index in [2.05, 4.69) is 10.6 Å². The standard InChI is InChI=1S/C10H18O4.2C4H11NO2/c11-9(12)7-5-3-1-2-4-6-8-10(13)14;2*6-3-1-5-2-4-7/h1-8H2,(H,11,12)(H,13,14);2*5-7H,1-4H2. The molecular weight excluding hydrogens is 372 g/mol. The van der Waals surface area contributed by atoms with Gasteiger partial charge in [0.25, 0.3) is 0 Å². The fourth-order valence-corrected chi connectivity index (χ4v) is 1.83. The van der Waals surface area contributed by atoms with Crippen LogP contribution < -0.4 is 10.6 Å². The maximum atomic E-state index is 10.1. The lowest BCUT2D eigenvalue weighted by molar-refractivity contribution is -0.138. The maximum absolute atomic E-state index is 10.1. The van der Waals surface area contributed by atoms with Gasteiger partial charge in [-0.25, -0.2) is 0 Å². The second kappa shape index (κ2) is 30.4. The number of carboxylic acid groups (broad SMARTS) is 2. The number of aliphatic hydroxyl groups is 4. The second-order valence-corrected chi connectivity index (χ2v) is 5.80. The number of nitrogens with one attached hydrogen (secondary N) is 2. The van der Waals surface area contributed by atoms with Crippen LogP contribution in [0.2, 0.25) is 0 Å². The molecule has 0 aromatic heterocycles. The molecule has 0 rings (SSSR count). The number of rotatable bonds is 17. The van der Waals surface area contributed by atoms with E-state index >= 15 is 0 Å². The summed E-state index contributed by atoms with van der Waals surface area (Å²) >= 11 is 0. The summed E-state index contributed by atoms with van der Waals surface area (Å²) in [7, 11) is 0. The van der Waals surface area contributed by atoms with Crippen LogP contribution in [-0.4, -0.2) is 95.2 Å². The first-order chi connectivity index (χ1) is 13.5. The lowest BCUT2D eigenvalue weighted by atomic mass is 10.1. The monoisotopic (exact) mass is 412 g/mol. The third kappa shape index (κ3) is 44.3. The Hall–Kier alpha value is -1.30. The minimum atomic E-state index is -0.740. The van der Waals surface area contributed by atoms with Gasteiger partial charge in [-0.3, -0.25) is 9.59 Å². The van der Waals surface area contributed by atoms with Gasteiger partial charge in [0.2, 0.25) is 0 Å². The summed E-state index contributed by atoms with van der Waals surface area (Å²) in [5.74, 6) is -1.48. The molecule has 0 heterocycles. The normalized spacial score (nSPS) is 9.71. The summed E-state index contributed by atoms with van der Waals surface area (Å²) in [5.41, 5.74) is 0. The average molecular weight is 413 g/mol. The molecule has 10 nitrogen and oxygen atoms in total. The van der Waals surface area contributed by atoms with E-state index in [0.29, 0.717) is 26.2 Å². The minimum absolute atomic E-state index is 0.139. The van der Waals surface area contributed by atoms with Gasteiger partial charge in [-0.15, -0.1) is 0 Å². The molecule has 8 N–H and O–H groups in total. The van der Waals surface area contributed by atoms with Crippen molar-refractivity contribution in [2.24, 2.45) is 0 Å². The van der Waals surface area contributed by atoms with Gasteiger partial charge < -0.3 is 41.3 Å². The number of carboxylic acids is 2. The molecule has 0 radical (unpaired) electrons. The summed E-state index contributed by atoms with van der Waals surface area (Å²) in [6.07, 6.45) is 5.82. The maximum Gasteiger partial charge on any atom is 0.303 e. The van der Waals surface area contributed by atoms with E-state index in [4.69, 9.17) is 30.6 Å². The van der Waals surface area contributed by atoms with Crippen LogP contribution in [0.3, 0.4) is 0 Å². The van der Waals surface area contributed by atoms with Crippen LogP contribution in [0, 0.1) is 0 Å². The van der Waals surface area contributed by atoms with Crippen molar-refractivity contribution in [3.8, 4) is 0 Å². The molecule has 0 atom stereocenters. The first-order valence-corrected chi connectivity index (χ1v) is 9.74. The fraction of sp³-hybridized carbons (Fsp3) is 0.889. The van der Waals surface area contributed by atoms with E-state index in [1.807, 2.05) is 0 Å². The highest BCUT2D eigenvalue weighted by atomic mass is 16.4. The third-order valence-electron chi connectivity index (χ3n) is 3.19. The van der Waals surface area contributed by atoms with E-state index in [9.17, 15) is 9.59 Å². The highest BCUT2D eigenvalue weighted by molar-refractivity contribution is 5.66. The van der Waals surface area contributed by atoms with Crippen molar-refractivity contribution in [2.45, 2.75) is 51.4 Å². The van der Waals surface area contributed by atoms with Gasteiger partial charge in [0.15, 0.2) is 0 Å². The molecule has 0 saturated heterocycles. The van der Waals surface area contributed by atoms with Crippen LogP contribution in [0.4, 0.5) is 0 Å². The van der Waals surface area contributed by atoms with Gasteiger partial charge in [-0.1, -0.05) is 25.7 Å². The smallest absolute Gasteiger partial charge is 0.303 e. The molecule has 0 bridgehead atoms. The van der Waals surface area contributed by atoms with Gasteiger partial charge in [0, 0.05) is 39.0 Å². The van der Waals surface area contributed by atoms with Crippen molar-refractivity contribution in [2.75, 3.05) is 52.6 Å². The van der Waals surface area contributed by atoms with Crippen molar-refractivity contribution in [3.05, 3.63) is 0 Å². The number of aliphatic hydroxyl groups excluding tert-OH is 4. The molecule has 0 fully saturated rings. The van der Waals surface area contributed by atoms with Crippen molar-refractivity contribution in [1.82, 2.24) is 10.6 Å². The molecule has 0 spiro atoms. The molecule has 0 saturated carbocycles. The molecule has 0 aliphatic heterocycles. The Morgan fingerprint density at radius 1 is 0.500 bits per heavy atom. The Bertz CT molecular complexity index is 282. The van der Waals surface area contributed by atoms with Gasteiger partial charge in [0.1, 0.15) is 0 Å². The summed E-state index contributed by atoms with van der Waals surface area (Å²) in [6, 6.07) is 0. The van der Waals surface area contributed by atoms with Crippen LogP contribution in [0.15, 0.2) is 0 Å².